The van der Waals surface area contributed by atoms with Crippen molar-refractivity contribution in [3.05, 3.63) is 54.1 Å². The second-order valence-electron chi connectivity index (χ2n) is 3.40. The maximum atomic E-state index is 13.7. The van der Waals surface area contributed by atoms with Gasteiger partial charge in [-0.1, -0.05) is 12.1 Å². The summed E-state index contributed by atoms with van der Waals surface area (Å²) in [6, 6.07) is 9.47. The van der Waals surface area contributed by atoms with E-state index in [0.717, 1.165) is 6.07 Å². The number of halogens is 3. The van der Waals surface area contributed by atoms with Crippen LogP contribution in [0.25, 0.3) is 11.1 Å². The van der Waals surface area contributed by atoms with Gasteiger partial charge >= 0.3 is 0 Å². The quantitative estimate of drug-likeness (QED) is 0.847. The van der Waals surface area contributed by atoms with Crippen molar-refractivity contribution in [2.75, 3.05) is 6.86 Å². The van der Waals surface area contributed by atoms with E-state index < -0.39 is 12.7 Å². The first-order valence-corrected chi connectivity index (χ1v) is 5.24. The predicted octanol–water partition coefficient (Wildman–Crippen LogP) is 3.75. The summed E-state index contributed by atoms with van der Waals surface area (Å²) in [6.45, 7) is 0.995. The lowest BCUT2D eigenvalue weighted by Crippen LogP contribution is -1.92. The zero-order valence-electron chi connectivity index (χ0n) is 9.91. The molecule has 0 aromatic heterocycles. The monoisotopic (exact) mass is 268 g/mol. The lowest BCUT2D eigenvalue weighted by atomic mass is 10.1. The summed E-state index contributed by atoms with van der Waals surface area (Å²) < 4.78 is 42.8. The fourth-order valence-electron chi connectivity index (χ4n) is 1.51. The highest BCUT2D eigenvalue weighted by Crippen LogP contribution is 2.26. The minimum atomic E-state index is -1.00. The molecule has 2 aromatic rings. The van der Waals surface area contributed by atoms with Gasteiger partial charge in [-0.3, -0.25) is 0 Å². The van der Waals surface area contributed by atoms with Crippen molar-refractivity contribution in [2.24, 2.45) is 0 Å². The summed E-state index contributed by atoms with van der Waals surface area (Å²) in [5.41, 5.74) is 0.868. The third kappa shape index (κ3) is 3.84. The van der Waals surface area contributed by atoms with Crippen molar-refractivity contribution >= 4 is 6.79 Å². The maximum Gasteiger partial charge on any atom is 0.228 e. The Kier molecular flexibility index (Phi) is 5.60. The van der Waals surface area contributed by atoms with Crippen LogP contribution in [0, 0.1) is 11.6 Å². The van der Waals surface area contributed by atoms with Gasteiger partial charge < -0.3 is 9.53 Å². The van der Waals surface area contributed by atoms with Crippen LogP contribution in [0.3, 0.4) is 0 Å². The van der Waals surface area contributed by atoms with Gasteiger partial charge in [0, 0.05) is 11.6 Å². The van der Waals surface area contributed by atoms with Crippen LogP contribution in [-0.4, -0.2) is 13.6 Å². The first kappa shape index (κ1) is 14.8. The first-order chi connectivity index (χ1) is 9.20. The largest absolute Gasteiger partial charge is 0.463 e. The molecule has 0 fully saturated rings. The smallest absolute Gasteiger partial charge is 0.228 e. The molecule has 0 aliphatic heterocycles. The Morgan fingerprint density at radius 3 is 2.16 bits per heavy atom. The zero-order valence-corrected chi connectivity index (χ0v) is 9.91. The van der Waals surface area contributed by atoms with Crippen LogP contribution in [0.4, 0.5) is 13.2 Å². The third-order valence-electron chi connectivity index (χ3n) is 2.32. The summed E-state index contributed by atoms with van der Waals surface area (Å²) in [5, 5.41) is 0. The standard InChI is InChI=1S/C13H9F3O.CH2O/c14-8-17-11-5-6-12(13(16)7-11)9-1-3-10(15)4-2-9;1-2/h1-7H,8H2;1H2. The van der Waals surface area contributed by atoms with E-state index in [1.54, 1.807) is 0 Å². The van der Waals surface area contributed by atoms with Crippen molar-refractivity contribution in [2.45, 2.75) is 0 Å². The van der Waals surface area contributed by atoms with E-state index in [9.17, 15) is 13.2 Å². The number of ether oxygens (including phenoxy) is 1. The Balaban J connectivity index is 0.000000861. The molecule has 2 nitrogen and oxygen atoms in total. The molecule has 2 rings (SSSR count). The Morgan fingerprint density at radius 1 is 1.00 bits per heavy atom. The Bertz CT molecular complexity index is 527. The van der Waals surface area contributed by atoms with Crippen LogP contribution in [0.15, 0.2) is 42.5 Å². The van der Waals surface area contributed by atoms with E-state index in [0.29, 0.717) is 11.1 Å². The van der Waals surface area contributed by atoms with Crippen LogP contribution in [-0.2, 0) is 4.79 Å². The highest BCUT2D eigenvalue weighted by atomic mass is 19.1. The lowest BCUT2D eigenvalue weighted by molar-refractivity contribution is -0.0979. The molecular formula is C14H11F3O2. The summed E-state index contributed by atoms with van der Waals surface area (Å²) in [4.78, 5) is 8.00. The molecule has 2 aromatic carbocycles. The lowest BCUT2D eigenvalue weighted by Gasteiger charge is -2.06. The number of hydrogen-bond donors (Lipinski definition) is 0. The molecule has 0 N–H and O–H groups in total. The number of hydrogen-bond acceptors (Lipinski definition) is 2. The minimum absolute atomic E-state index is 0.121. The molecule has 0 aliphatic rings. The van der Waals surface area contributed by atoms with Gasteiger partial charge in [0.2, 0.25) is 6.86 Å². The van der Waals surface area contributed by atoms with Crippen LogP contribution in [0.1, 0.15) is 0 Å². The molecule has 5 heteroatoms. The summed E-state index contributed by atoms with van der Waals surface area (Å²) >= 11 is 0. The molecule has 0 amide bonds. The average Bonchev–Trinajstić information content (AvgIpc) is 2.43. The molecule has 0 atom stereocenters. The number of rotatable bonds is 3. The molecule has 0 saturated carbocycles. The zero-order chi connectivity index (χ0) is 14.3. The fourth-order valence-corrected chi connectivity index (χ4v) is 1.51. The van der Waals surface area contributed by atoms with Gasteiger partial charge in [-0.2, -0.15) is 0 Å². The summed E-state index contributed by atoms with van der Waals surface area (Å²) in [6.07, 6.45) is 0. The highest BCUT2D eigenvalue weighted by molar-refractivity contribution is 5.64. The maximum absolute atomic E-state index is 13.7. The van der Waals surface area contributed by atoms with Crippen molar-refractivity contribution in [1.82, 2.24) is 0 Å². The third-order valence-corrected chi connectivity index (χ3v) is 2.32. The predicted molar refractivity (Wildman–Crippen MR) is 65.5 cm³/mol. The number of alkyl halides is 1. The van der Waals surface area contributed by atoms with Crippen LogP contribution < -0.4 is 4.74 Å². The van der Waals surface area contributed by atoms with Crippen molar-refractivity contribution in [1.29, 1.82) is 0 Å². The Morgan fingerprint density at radius 2 is 1.63 bits per heavy atom. The second-order valence-corrected chi connectivity index (χ2v) is 3.40. The van der Waals surface area contributed by atoms with Gasteiger partial charge in [-0.25, -0.2) is 13.2 Å². The molecule has 0 aliphatic carbocycles. The van der Waals surface area contributed by atoms with Gasteiger partial charge in [0.05, 0.1) is 0 Å². The van der Waals surface area contributed by atoms with Gasteiger partial charge in [0.25, 0.3) is 0 Å². The van der Waals surface area contributed by atoms with E-state index in [1.807, 2.05) is 6.79 Å². The van der Waals surface area contributed by atoms with Crippen molar-refractivity contribution < 1.29 is 22.7 Å². The molecule has 0 radical (unpaired) electrons. The van der Waals surface area contributed by atoms with Gasteiger partial charge in [0.1, 0.15) is 24.2 Å². The molecule has 19 heavy (non-hydrogen) atoms. The number of carbonyl (C=O) groups is 1. The van der Waals surface area contributed by atoms with E-state index in [1.165, 1.54) is 36.4 Å². The van der Waals surface area contributed by atoms with Gasteiger partial charge in [-0.05, 0) is 29.8 Å². The van der Waals surface area contributed by atoms with Gasteiger partial charge in [0.15, 0.2) is 0 Å². The number of carbonyl (C=O) groups excluding carboxylic acids is 1. The van der Waals surface area contributed by atoms with E-state index in [4.69, 9.17) is 4.79 Å². The van der Waals surface area contributed by atoms with Crippen LogP contribution in [0.2, 0.25) is 0 Å². The average molecular weight is 268 g/mol. The topological polar surface area (TPSA) is 26.3 Å². The van der Waals surface area contributed by atoms with E-state index >= 15 is 0 Å². The summed E-state index contributed by atoms with van der Waals surface area (Å²) in [5.74, 6) is -0.801. The highest BCUT2D eigenvalue weighted by Gasteiger charge is 2.06. The van der Waals surface area contributed by atoms with Crippen LogP contribution >= 0.6 is 0 Å². The van der Waals surface area contributed by atoms with Gasteiger partial charge in [-0.15, -0.1) is 0 Å². The SMILES string of the molecule is C=O.FCOc1ccc(-c2ccc(F)cc2)c(F)c1. The molecule has 0 bridgehead atoms. The second kappa shape index (κ2) is 7.20. The van der Waals surface area contributed by atoms with E-state index in [-0.39, 0.29) is 11.6 Å². The normalized spacial score (nSPS) is 9.42. The minimum Gasteiger partial charge on any atom is -0.463 e. The van der Waals surface area contributed by atoms with Crippen molar-refractivity contribution in [3.63, 3.8) is 0 Å². The summed E-state index contributed by atoms with van der Waals surface area (Å²) in [7, 11) is 0. The Hall–Kier alpha value is -2.30. The molecule has 0 saturated heterocycles. The first-order valence-electron chi connectivity index (χ1n) is 5.24. The molecular weight excluding hydrogens is 257 g/mol. The van der Waals surface area contributed by atoms with E-state index in [2.05, 4.69) is 4.74 Å². The Labute approximate surface area is 108 Å². The molecule has 0 spiro atoms. The molecule has 100 valence electrons. The number of benzene rings is 2. The van der Waals surface area contributed by atoms with Crippen LogP contribution in [0.5, 0.6) is 5.75 Å². The molecule has 0 heterocycles. The fraction of sp³-hybridized carbons (Fsp3) is 0.0714. The molecule has 0 unspecified atom stereocenters. The van der Waals surface area contributed by atoms with Crippen molar-refractivity contribution in [3.8, 4) is 16.9 Å².